The molecule has 4 aromatic carbocycles. The number of rotatable bonds is 14. The largest absolute Gasteiger partial charge is 0.496 e. The molecule has 43 heavy (non-hydrogen) atoms. The van der Waals surface area contributed by atoms with E-state index in [1.807, 2.05) is 0 Å². The topological polar surface area (TPSA) is 46.2 Å². The standard InChI is InChI=1S/C36H46O5Si2/c1-9-25-13-17-29(21-33(25)37-5)42(30-18-14-26(10-2)34(22-30)38-6)41-43(31-19-15-27(11-3)35(23-31)39-7)32-20-16-28(12-4)36(24-32)40-8/h13-24,42-43H,9-12H2,1-8H3. The third kappa shape index (κ3) is 7.17. The number of ether oxygens (including phenoxy) is 4. The molecule has 0 saturated carbocycles. The van der Waals surface area contributed by atoms with Crippen LogP contribution in [-0.4, -0.2) is 46.5 Å². The number of methoxy groups -OCH3 is 4. The first-order valence-corrected chi connectivity index (χ1v) is 18.5. The Labute approximate surface area is 261 Å². The Hall–Kier alpha value is -3.53. The number of aryl methyl sites for hydroxylation is 4. The van der Waals surface area contributed by atoms with Gasteiger partial charge in [-0.05, 0) is 92.9 Å². The number of hydrogen-bond acceptors (Lipinski definition) is 5. The van der Waals surface area contributed by atoms with Crippen molar-refractivity contribution in [3.05, 3.63) is 95.1 Å². The molecule has 0 spiro atoms. The molecule has 0 aliphatic heterocycles. The van der Waals surface area contributed by atoms with E-state index in [1.54, 1.807) is 28.4 Å². The van der Waals surface area contributed by atoms with Crippen molar-refractivity contribution in [1.82, 2.24) is 0 Å². The van der Waals surface area contributed by atoms with E-state index in [9.17, 15) is 0 Å². The van der Waals surface area contributed by atoms with E-state index in [4.69, 9.17) is 23.1 Å². The average Bonchev–Trinajstić information content (AvgIpc) is 3.07. The van der Waals surface area contributed by atoms with E-state index < -0.39 is 18.1 Å². The maximum absolute atomic E-state index is 7.54. The summed E-state index contributed by atoms with van der Waals surface area (Å²) in [5, 5.41) is 4.69. The zero-order valence-electron chi connectivity index (χ0n) is 27.0. The van der Waals surface area contributed by atoms with E-state index in [0.29, 0.717) is 0 Å². The Bertz CT molecular complexity index is 1300. The van der Waals surface area contributed by atoms with Crippen LogP contribution in [0.25, 0.3) is 0 Å². The lowest BCUT2D eigenvalue weighted by Crippen LogP contribution is -2.56. The summed E-state index contributed by atoms with van der Waals surface area (Å²) < 4.78 is 30.9. The predicted octanol–water partition coefficient (Wildman–Crippen LogP) is 4.36. The van der Waals surface area contributed by atoms with Crippen molar-refractivity contribution >= 4 is 38.8 Å². The normalized spacial score (nSPS) is 11.2. The fraction of sp³-hybridized carbons (Fsp3) is 0.333. The van der Waals surface area contributed by atoms with E-state index in [1.165, 1.54) is 43.0 Å². The summed E-state index contributed by atoms with van der Waals surface area (Å²) in [5.74, 6) is 3.61. The minimum absolute atomic E-state index is 0.902. The van der Waals surface area contributed by atoms with Crippen LogP contribution in [0.2, 0.25) is 0 Å². The molecule has 0 unspecified atom stereocenters. The summed E-state index contributed by atoms with van der Waals surface area (Å²) >= 11 is 0. The first kappa shape index (κ1) is 32.4. The molecular formula is C36H46O5Si2. The lowest BCUT2D eigenvalue weighted by Gasteiger charge is -2.27. The number of benzene rings is 4. The molecule has 0 fully saturated rings. The molecule has 0 atom stereocenters. The fourth-order valence-corrected chi connectivity index (χ4v) is 12.4. The smallest absolute Gasteiger partial charge is 0.229 e. The Kier molecular flexibility index (Phi) is 11.5. The van der Waals surface area contributed by atoms with Crippen molar-refractivity contribution in [2.75, 3.05) is 28.4 Å². The third-order valence-corrected chi connectivity index (χ3v) is 14.3. The van der Waals surface area contributed by atoms with Gasteiger partial charge in [-0.25, -0.2) is 0 Å². The molecule has 4 rings (SSSR count). The molecule has 0 heterocycles. The van der Waals surface area contributed by atoms with Gasteiger partial charge in [0.2, 0.25) is 18.1 Å². The fourth-order valence-electron chi connectivity index (χ4n) is 5.70. The van der Waals surface area contributed by atoms with Gasteiger partial charge < -0.3 is 23.1 Å². The van der Waals surface area contributed by atoms with Crippen LogP contribution in [0.3, 0.4) is 0 Å². The van der Waals surface area contributed by atoms with E-state index in [0.717, 1.165) is 48.7 Å². The van der Waals surface area contributed by atoms with Crippen LogP contribution in [0.15, 0.2) is 72.8 Å². The van der Waals surface area contributed by atoms with Gasteiger partial charge >= 0.3 is 0 Å². The maximum atomic E-state index is 7.54. The second kappa shape index (κ2) is 15.3. The van der Waals surface area contributed by atoms with Crippen LogP contribution in [-0.2, 0) is 29.8 Å². The minimum Gasteiger partial charge on any atom is -0.496 e. The van der Waals surface area contributed by atoms with Crippen molar-refractivity contribution in [2.45, 2.75) is 53.4 Å². The third-order valence-electron chi connectivity index (χ3n) is 8.25. The second-order valence-corrected chi connectivity index (χ2v) is 15.9. The van der Waals surface area contributed by atoms with Crippen LogP contribution < -0.4 is 39.7 Å². The molecule has 0 N–H and O–H groups in total. The van der Waals surface area contributed by atoms with Crippen molar-refractivity contribution in [3.63, 3.8) is 0 Å². The van der Waals surface area contributed by atoms with Crippen LogP contribution in [0.4, 0.5) is 0 Å². The highest BCUT2D eigenvalue weighted by Gasteiger charge is 2.29. The highest BCUT2D eigenvalue weighted by atomic mass is 28.4. The average molecular weight is 615 g/mol. The highest BCUT2D eigenvalue weighted by Crippen LogP contribution is 2.22. The van der Waals surface area contributed by atoms with Crippen LogP contribution in [0.1, 0.15) is 49.9 Å². The summed E-state index contributed by atoms with van der Waals surface area (Å²) in [6, 6.07) is 26.4. The molecule has 0 aliphatic carbocycles. The Morgan fingerprint density at radius 2 is 0.628 bits per heavy atom. The molecule has 0 radical (unpaired) electrons. The van der Waals surface area contributed by atoms with Gasteiger partial charge in [0.05, 0.1) is 28.4 Å². The lowest BCUT2D eigenvalue weighted by atomic mass is 10.1. The molecule has 5 nitrogen and oxygen atoms in total. The Morgan fingerprint density at radius 1 is 0.395 bits per heavy atom. The van der Waals surface area contributed by atoms with Crippen molar-refractivity contribution in [1.29, 1.82) is 0 Å². The zero-order chi connectivity index (χ0) is 30.9. The first-order chi connectivity index (χ1) is 20.9. The van der Waals surface area contributed by atoms with E-state index in [-0.39, 0.29) is 0 Å². The van der Waals surface area contributed by atoms with Crippen LogP contribution in [0, 0.1) is 0 Å². The summed E-state index contributed by atoms with van der Waals surface area (Å²) in [6.07, 6.45) is 3.61. The van der Waals surface area contributed by atoms with Gasteiger partial charge in [0.1, 0.15) is 23.0 Å². The minimum atomic E-state index is -2.26. The van der Waals surface area contributed by atoms with Crippen molar-refractivity contribution < 1.29 is 23.1 Å². The molecule has 0 amide bonds. The number of hydrogen-bond donors (Lipinski definition) is 0. The quantitative estimate of drug-likeness (QED) is 0.198. The van der Waals surface area contributed by atoms with Gasteiger partial charge in [-0.1, -0.05) is 76.2 Å². The second-order valence-electron chi connectivity index (χ2n) is 10.6. The monoisotopic (exact) mass is 614 g/mol. The van der Waals surface area contributed by atoms with Crippen molar-refractivity contribution in [2.24, 2.45) is 0 Å². The zero-order valence-corrected chi connectivity index (χ0v) is 29.3. The molecule has 0 saturated heterocycles. The summed E-state index contributed by atoms with van der Waals surface area (Å²) in [6.45, 7) is 8.61. The maximum Gasteiger partial charge on any atom is 0.229 e. The molecule has 0 aromatic heterocycles. The molecule has 7 heteroatoms. The van der Waals surface area contributed by atoms with E-state index in [2.05, 4.69) is 100 Å². The Morgan fingerprint density at radius 3 is 0.814 bits per heavy atom. The van der Waals surface area contributed by atoms with Gasteiger partial charge in [0.25, 0.3) is 0 Å². The van der Waals surface area contributed by atoms with Crippen molar-refractivity contribution in [3.8, 4) is 23.0 Å². The highest BCUT2D eigenvalue weighted by molar-refractivity contribution is 6.92. The lowest BCUT2D eigenvalue weighted by molar-refractivity contribution is 0.410. The van der Waals surface area contributed by atoms with Gasteiger partial charge in [-0.2, -0.15) is 0 Å². The summed E-state index contributed by atoms with van der Waals surface area (Å²) in [4.78, 5) is 0. The van der Waals surface area contributed by atoms with Gasteiger partial charge in [0, 0.05) is 0 Å². The molecule has 0 bridgehead atoms. The van der Waals surface area contributed by atoms with Gasteiger partial charge in [0.15, 0.2) is 0 Å². The molecule has 228 valence electrons. The Balaban J connectivity index is 1.94. The first-order valence-electron chi connectivity index (χ1n) is 15.3. The molecular weight excluding hydrogens is 569 g/mol. The van der Waals surface area contributed by atoms with E-state index >= 15 is 0 Å². The van der Waals surface area contributed by atoms with Crippen LogP contribution in [0.5, 0.6) is 23.0 Å². The van der Waals surface area contributed by atoms with Crippen LogP contribution >= 0.6 is 0 Å². The SMILES string of the molecule is CCc1ccc([SiH](O[SiH](c2ccc(CC)c(OC)c2)c2ccc(CC)c(OC)c2)c2ccc(CC)c(OC)c2)cc1OC. The van der Waals surface area contributed by atoms with Gasteiger partial charge in [-0.3, -0.25) is 0 Å². The van der Waals surface area contributed by atoms with Gasteiger partial charge in [-0.15, -0.1) is 0 Å². The predicted molar refractivity (Wildman–Crippen MR) is 183 cm³/mol. The summed E-state index contributed by atoms with van der Waals surface area (Å²) in [7, 11) is 2.46. The summed E-state index contributed by atoms with van der Waals surface area (Å²) in [5.41, 5.74) is 4.75. The molecule has 0 aliphatic rings. The molecule has 4 aromatic rings.